The third-order valence-electron chi connectivity index (χ3n) is 2.35. The lowest BCUT2D eigenvalue weighted by Crippen LogP contribution is -2.12. The van der Waals surface area contributed by atoms with Gasteiger partial charge in [0.05, 0.1) is 0 Å². The minimum atomic E-state index is 0.168. The zero-order valence-corrected chi connectivity index (χ0v) is 9.25. The minimum Gasteiger partial charge on any atom is -0.388 e. The molecule has 1 rings (SSSR count). The lowest BCUT2D eigenvalue weighted by molar-refractivity contribution is 0.510. The van der Waals surface area contributed by atoms with Crippen LogP contribution in [0.1, 0.15) is 31.9 Å². The largest absolute Gasteiger partial charge is 0.388 e. The van der Waals surface area contributed by atoms with Crippen LogP contribution in [0, 0.1) is 5.92 Å². The molecule has 78 valence electrons. The first-order chi connectivity index (χ1) is 6.63. The molecule has 0 amide bonds. The quantitative estimate of drug-likeness (QED) is 0.769. The Kier molecular flexibility index (Phi) is 3.96. The Morgan fingerprint density at radius 1 is 1.21 bits per heavy atom. The first-order valence-corrected chi connectivity index (χ1v) is 5.16. The van der Waals surface area contributed by atoms with Crippen molar-refractivity contribution in [3.8, 4) is 0 Å². The van der Waals surface area contributed by atoms with Crippen LogP contribution in [0.2, 0.25) is 0 Å². The summed E-state index contributed by atoms with van der Waals surface area (Å²) >= 11 is 0. The van der Waals surface area contributed by atoms with Gasteiger partial charge in [-0.1, -0.05) is 26.0 Å². The number of rotatable bonds is 4. The van der Waals surface area contributed by atoms with E-state index in [1.54, 1.807) is 0 Å². The van der Waals surface area contributed by atoms with E-state index in [4.69, 9.17) is 5.73 Å². The van der Waals surface area contributed by atoms with Gasteiger partial charge in [0.25, 0.3) is 0 Å². The molecular weight excluding hydrogens is 172 g/mol. The van der Waals surface area contributed by atoms with E-state index >= 15 is 0 Å². The minimum absolute atomic E-state index is 0.168. The van der Waals surface area contributed by atoms with E-state index in [0.29, 0.717) is 5.92 Å². The van der Waals surface area contributed by atoms with E-state index in [2.05, 4.69) is 43.4 Å². The maximum absolute atomic E-state index is 6.07. The molecule has 0 saturated carbocycles. The Morgan fingerprint density at radius 3 is 2.21 bits per heavy atom. The molecule has 0 radical (unpaired) electrons. The summed E-state index contributed by atoms with van der Waals surface area (Å²) in [6.45, 7) is 4.39. The number of benzene rings is 1. The van der Waals surface area contributed by atoms with E-state index in [9.17, 15) is 0 Å². The average Bonchev–Trinajstić information content (AvgIpc) is 2.17. The third-order valence-corrected chi connectivity index (χ3v) is 2.35. The monoisotopic (exact) mass is 192 g/mol. The van der Waals surface area contributed by atoms with Crippen LogP contribution >= 0.6 is 0 Å². The SMILES string of the molecule is CNc1ccc(C(N)CC(C)C)cc1. The van der Waals surface area contributed by atoms with Crippen LogP contribution in [-0.4, -0.2) is 7.05 Å². The second kappa shape index (κ2) is 5.01. The van der Waals surface area contributed by atoms with Crippen LogP contribution in [-0.2, 0) is 0 Å². The number of anilines is 1. The summed E-state index contributed by atoms with van der Waals surface area (Å²) in [5.41, 5.74) is 8.42. The normalized spacial score (nSPS) is 12.9. The Bertz CT molecular complexity index is 264. The summed E-state index contributed by atoms with van der Waals surface area (Å²) in [5, 5.41) is 3.09. The molecule has 2 heteroatoms. The molecule has 0 spiro atoms. The van der Waals surface area contributed by atoms with Gasteiger partial charge in [-0.15, -0.1) is 0 Å². The Hall–Kier alpha value is -1.02. The van der Waals surface area contributed by atoms with Crippen molar-refractivity contribution in [2.24, 2.45) is 11.7 Å². The van der Waals surface area contributed by atoms with Gasteiger partial charge in [0, 0.05) is 18.8 Å². The smallest absolute Gasteiger partial charge is 0.0337 e. The summed E-state index contributed by atoms with van der Waals surface area (Å²) in [6, 6.07) is 8.49. The van der Waals surface area contributed by atoms with E-state index in [-0.39, 0.29) is 6.04 Å². The maximum Gasteiger partial charge on any atom is 0.0337 e. The summed E-state index contributed by atoms with van der Waals surface area (Å²) < 4.78 is 0. The molecule has 0 aromatic heterocycles. The number of hydrogen-bond donors (Lipinski definition) is 2. The fraction of sp³-hybridized carbons (Fsp3) is 0.500. The molecular formula is C12H20N2. The van der Waals surface area contributed by atoms with Crippen molar-refractivity contribution < 1.29 is 0 Å². The molecule has 0 aliphatic carbocycles. The van der Waals surface area contributed by atoms with Gasteiger partial charge in [-0.2, -0.15) is 0 Å². The Balaban J connectivity index is 2.66. The van der Waals surface area contributed by atoms with Crippen molar-refractivity contribution in [1.29, 1.82) is 0 Å². The van der Waals surface area contributed by atoms with E-state index in [1.165, 1.54) is 5.56 Å². The molecule has 1 aromatic rings. The molecule has 0 fully saturated rings. The Labute approximate surface area is 86.5 Å². The van der Waals surface area contributed by atoms with Gasteiger partial charge in [-0.25, -0.2) is 0 Å². The second-order valence-corrected chi connectivity index (χ2v) is 4.11. The van der Waals surface area contributed by atoms with Crippen LogP contribution in [0.4, 0.5) is 5.69 Å². The third kappa shape index (κ3) is 3.04. The van der Waals surface area contributed by atoms with E-state index in [1.807, 2.05) is 7.05 Å². The Morgan fingerprint density at radius 2 is 1.79 bits per heavy atom. The van der Waals surface area contributed by atoms with Crippen molar-refractivity contribution in [3.05, 3.63) is 29.8 Å². The summed E-state index contributed by atoms with van der Waals surface area (Å²) in [7, 11) is 1.92. The van der Waals surface area contributed by atoms with E-state index < -0.39 is 0 Å². The average molecular weight is 192 g/mol. The molecule has 0 aliphatic rings. The molecule has 3 N–H and O–H groups in total. The lowest BCUT2D eigenvalue weighted by atomic mass is 9.98. The fourth-order valence-corrected chi connectivity index (χ4v) is 1.54. The van der Waals surface area contributed by atoms with Gasteiger partial charge < -0.3 is 11.1 Å². The van der Waals surface area contributed by atoms with Crippen LogP contribution in [0.25, 0.3) is 0 Å². The zero-order valence-electron chi connectivity index (χ0n) is 9.25. The number of nitrogens with one attached hydrogen (secondary N) is 1. The molecule has 0 saturated heterocycles. The van der Waals surface area contributed by atoms with Crippen molar-refractivity contribution >= 4 is 5.69 Å². The maximum atomic E-state index is 6.07. The summed E-state index contributed by atoms with van der Waals surface area (Å²) in [6.07, 6.45) is 1.04. The molecule has 1 atom stereocenters. The van der Waals surface area contributed by atoms with Crippen LogP contribution in [0.3, 0.4) is 0 Å². The molecule has 1 aromatic carbocycles. The van der Waals surface area contributed by atoms with Crippen LogP contribution in [0.5, 0.6) is 0 Å². The summed E-state index contributed by atoms with van der Waals surface area (Å²) in [5.74, 6) is 0.647. The lowest BCUT2D eigenvalue weighted by Gasteiger charge is -2.14. The molecule has 0 heterocycles. The van der Waals surface area contributed by atoms with Gasteiger partial charge in [-0.05, 0) is 30.0 Å². The standard InChI is InChI=1S/C12H20N2/c1-9(2)8-12(13)10-4-6-11(14-3)7-5-10/h4-7,9,12,14H,8,13H2,1-3H3. The molecule has 2 nitrogen and oxygen atoms in total. The van der Waals surface area contributed by atoms with Gasteiger partial charge in [0.15, 0.2) is 0 Å². The number of hydrogen-bond acceptors (Lipinski definition) is 2. The highest BCUT2D eigenvalue weighted by molar-refractivity contribution is 5.44. The fourth-order valence-electron chi connectivity index (χ4n) is 1.54. The summed E-state index contributed by atoms with van der Waals surface area (Å²) in [4.78, 5) is 0. The molecule has 1 unspecified atom stereocenters. The van der Waals surface area contributed by atoms with Crippen molar-refractivity contribution in [2.45, 2.75) is 26.3 Å². The van der Waals surface area contributed by atoms with E-state index in [0.717, 1.165) is 12.1 Å². The highest BCUT2D eigenvalue weighted by Gasteiger charge is 2.07. The van der Waals surface area contributed by atoms with Gasteiger partial charge >= 0.3 is 0 Å². The van der Waals surface area contributed by atoms with Crippen LogP contribution in [0.15, 0.2) is 24.3 Å². The van der Waals surface area contributed by atoms with Gasteiger partial charge in [0.2, 0.25) is 0 Å². The molecule has 0 aliphatic heterocycles. The number of nitrogens with two attached hydrogens (primary N) is 1. The topological polar surface area (TPSA) is 38.0 Å². The predicted octanol–water partition coefficient (Wildman–Crippen LogP) is 2.77. The zero-order chi connectivity index (χ0) is 10.6. The second-order valence-electron chi connectivity index (χ2n) is 4.11. The van der Waals surface area contributed by atoms with Crippen molar-refractivity contribution in [3.63, 3.8) is 0 Å². The highest BCUT2D eigenvalue weighted by atomic mass is 14.8. The first-order valence-electron chi connectivity index (χ1n) is 5.16. The molecule has 14 heavy (non-hydrogen) atoms. The van der Waals surface area contributed by atoms with Crippen LogP contribution < -0.4 is 11.1 Å². The first kappa shape index (κ1) is 11.1. The predicted molar refractivity (Wildman–Crippen MR) is 62.4 cm³/mol. The van der Waals surface area contributed by atoms with Gasteiger partial charge in [0.1, 0.15) is 0 Å². The van der Waals surface area contributed by atoms with Crippen molar-refractivity contribution in [1.82, 2.24) is 0 Å². The van der Waals surface area contributed by atoms with Crippen molar-refractivity contribution in [2.75, 3.05) is 12.4 Å². The highest BCUT2D eigenvalue weighted by Crippen LogP contribution is 2.20. The molecule has 0 bridgehead atoms. The van der Waals surface area contributed by atoms with Gasteiger partial charge in [-0.3, -0.25) is 0 Å².